The molecule has 0 amide bonds. The second kappa shape index (κ2) is 7.99. The molecule has 2 saturated carbocycles. The summed E-state index contributed by atoms with van der Waals surface area (Å²) in [4.78, 5) is 11.0. The van der Waals surface area contributed by atoms with E-state index in [0.717, 1.165) is 50.5 Å². The Morgan fingerprint density at radius 2 is 1.55 bits per heavy atom. The molecule has 0 radical (unpaired) electrons. The lowest BCUT2D eigenvalue weighted by Gasteiger charge is -2.37. The van der Waals surface area contributed by atoms with Crippen LogP contribution in [-0.4, -0.2) is 30.3 Å². The Bertz CT molecular complexity index is 292. The molecule has 2 aliphatic carbocycles. The molecule has 0 aromatic rings. The van der Waals surface area contributed by atoms with Crippen molar-refractivity contribution in [2.45, 2.75) is 63.9 Å². The molecule has 20 heavy (non-hydrogen) atoms. The van der Waals surface area contributed by atoms with Crippen LogP contribution in [0.2, 0.25) is 0 Å². The van der Waals surface area contributed by atoms with Crippen LogP contribution in [0.25, 0.3) is 0 Å². The fourth-order valence-electron chi connectivity index (χ4n) is 3.90. The summed E-state index contributed by atoms with van der Waals surface area (Å²) in [6.07, 6.45) is 10.3. The van der Waals surface area contributed by atoms with E-state index in [1.807, 2.05) is 0 Å². The first-order chi connectivity index (χ1) is 9.70. The molecule has 4 heteroatoms. The molecule has 4 nitrogen and oxygen atoms in total. The highest BCUT2D eigenvalue weighted by atomic mass is 16.5. The van der Waals surface area contributed by atoms with Gasteiger partial charge in [0.25, 0.3) is 0 Å². The maximum atomic E-state index is 11.0. The molecule has 0 aromatic carbocycles. The summed E-state index contributed by atoms with van der Waals surface area (Å²) in [5.41, 5.74) is 5.47. The number of carboxylic acids is 1. The summed E-state index contributed by atoms with van der Waals surface area (Å²) in [5, 5.41) is 9.05. The van der Waals surface area contributed by atoms with Crippen molar-refractivity contribution in [3.8, 4) is 0 Å². The lowest BCUT2D eigenvalue weighted by atomic mass is 9.70. The van der Waals surface area contributed by atoms with Gasteiger partial charge in [-0.2, -0.15) is 0 Å². The molecule has 2 fully saturated rings. The standard InChI is InChI=1S/C16H29NO3/c17-10-1-11-20-15-8-6-13(7-9-15)12-2-4-14(5-3-12)16(18)19/h12-15H,1-11,17H2,(H,18,19). The zero-order chi connectivity index (χ0) is 14.4. The fourth-order valence-corrected chi connectivity index (χ4v) is 3.90. The Hall–Kier alpha value is -0.610. The van der Waals surface area contributed by atoms with Crippen LogP contribution in [0.4, 0.5) is 0 Å². The minimum Gasteiger partial charge on any atom is -0.481 e. The molecule has 0 bridgehead atoms. The van der Waals surface area contributed by atoms with E-state index in [1.165, 1.54) is 25.7 Å². The van der Waals surface area contributed by atoms with Crippen LogP contribution in [0.1, 0.15) is 57.8 Å². The Labute approximate surface area is 122 Å². The largest absolute Gasteiger partial charge is 0.481 e. The minimum absolute atomic E-state index is 0.0813. The van der Waals surface area contributed by atoms with Crippen molar-refractivity contribution in [1.29, 1.82) is 0 Å². The molecular formula is C16H29NO3. The van der Waals surface area contributed by atoms with Gasteiger partial charge in [0.05, 0.1) is 12.0 Å². The third kappa shape index (κ3) is 4.45. The number of aliphatic carboxylic acids is 1. The number of hydrogen-bond donors (Lipinski definition) is 2. The Balaban J connectivity index is 1.65. The average molecular weight is 283 g/mol. The van der Waals surface area contributed by atoms with Gasteiger partial charge in [0.15, 0.2) is 0 Å². The third-order valence-corrected chi connectivity index (χ3v) is 5.21. The Kier molecular flexibility index (Phi) is 6.30. The van der Waals surface area contributed by atoms with Gasteiger partial charge in [0.1, 0.15) is 0 Å². The number of nitrogens with two attached hydrogens (primary N) is 1. The highest BCUT2D eigenvalue weighted by molar-refractivity contribution is 5.69. The van der Waals surface area contributed by atoms with E-state index >= 15 is 0 Å². The number of ether oxygens (including phenoxy) is 1. The maximum absolute atomic E-state index is 11.0. The zero-order valence-electron chi connectivity index (χ0n) is 12.4. The number of carbonyl (C=O) groups is 1. The topological polar surface area (TPSA) is 72.5 Å². The monoisotopic (exact) mass is 283 g/mol. The molecule has 0 spiro atoms. The molecule has 0 saturated heterocycles. The van der Waals surface area contributed by atoms with Crippen molar-refractivity contribution in [2.75, 3.05) is 13.2 Å². The van der Waals surface area contributed by atoms with Crippen molar-refractivity contribution in [2.24, 2.45) is 23.5 Å². The van der Waals surface area contributed by atoms with Crippen LogP contribution in [0, 0.1) is 17.8 Å². The van der Waals surface area contributed by atoms with Gasteiger partial charge in [-0.1, -0.05) is 0 Å². The first kappa shape index (κ1) is 15.8. The van der Waals surface area contributed by atoms with Crippen molar-refractivity contribution in [3.05, 3.63) is 0 Å². The predicted molar refractivity (Wildman–Crippen MR) is 78.5 cm³/mol. The third-order valence-electron chi connectivity index (χ3n) is 5.21. The van der Waals surface area contributed by atoms with Gasteiger partial charge in [-0.3, -0.25) is 4.79 Å². The second-order valence-electron chi connectivity index (χ2n) is 6.50. The van der Waals surface area contributed by atoms with E-state index in [4.69, 9.17) is 15.6 Å². The number of hydrogen-bond acceptors (Lipinski definition) is 3. The van der Waals surface area contributed by atoms with Crippen LogP contribution < -0.4 is 5.73 Å². The summed E-state index contributed by atoms with van der Waals surface area (Å²) in [6.45, 7) is 1.51. The summed E-state index contributed by atoms with van der Waals surface area (Å²) >= 11 is 0. The first-order valence-corrected chi connectivity index (χ1v) is 8.25. The number of rotatable bonds is 6. The second-order valence-corrected chi connectivity index (χ2v) is 6.50. The van der Waals surface area contributed by atoms with Crippen LogP contribution in [0.3, 0.4) is 0 Å². The molecule has 0 unspecified atom stereocenters. The molecule has 0 aromatic heterocycles. The minimum atomic E-state index is -0.597. The van der Waals surface area contributed by atoms with Crippen LogP contribution in [0.5, 0.6) is 0 Å². The lowest BCUT2D eigenvalue weighted by Crippen LogP contribution is -2.30. The fraction of sp³-hybridized carbons (Fsp3) is 0.938. The van der Waals surface area contributed by atoms with E-state index in [2.05, 4.69) is 0 Å². The molecule has 0 heterocycles. The van der Waals surface area contributed by atoms with Crippen molar-refractivity contribution < 1.29 is 14.6 Å². The van der Waals surface area contributed by atoms with Gasteiger partial charge >= 0.3 is 5.97 Å². The van der Waals surface area contributed by atoms with Gasteiger partial charge in [0.2, 0.25) is 0 Å². The Morgan fingerprint density at radius 1 is 1.00 bits per heavy atom. The van der Waals surface area contributed by atoms with E-state index in [1.54, 1.807) is 0 Å². The van der Waals surface area contributed by atoms with Gasteiger partial charge in [-0.05, 0) is 76.2 Å². The summed E-state index contributed by atoms with van der Waals surface area (Å²) < 4.78 is 5.85. The van der Waals surface area contributed by atoms with Crippen molar-refractivity contribution >= 4 is 5.97 Å². The normalized spacial score (nSPS) is 34.9. The average Bonchev–Trinajstić information content (AvgIpc) is 2.48. The summed E-state index contributed by atoms with van der Waals surface area (Å²) in [5.74, 6) is 0.886. The van der Waals surface area contributed by atoms with Gasteiger partial charge in [0, 0.05) is 6.61 Å². The van der Waals surface area contributed by atoms with Gasteiger partial charge < -0.3 is 15.6 Å². The molecule has 116 valence electrons. The van der Waals surface area contributed by atoms with Crippen LogP contribution in [-0.2, 0) is 9.53 Å². The van der Waals surface area contributed by atoms with Crippen LogP contribution >= 0.6 is 0 Å². The smallest absolute Gasteiger partial charge is 0.306 e. The Morgan fingerprint density at radius 3 is 2.05 bits per heavy atom. The van der Waals surface area contributed by atoms with Crippen molar-refractivity contribution in [1.82, 2.24) is 0 Å². The van der Waals surface area contributed by atoms with E-state index in [9.17, 15) is 4.79 Å². The lowest BCUT2D eigenvalue weighted by molar-refractivity contribution is -0.143. The molecule has 0 aliphatic heterocycles. The summed E-state index contributed by atoms with van der Waals surface area (Å²) in [7, 11) is 0. The first-order valence-electron chi connectivity index (χ1n) is 8.25. The van der Waals surface area contributed by atoms with Crippen molar-refractivity contribution in [3.63, 3.8) is 0 Å². The van der Waals surface area contributed by atoms with E-state index in [0.29, 0.717) is 12.6 Å². The zero-order valence-corrected chi connectivity index (χ0v) is 12.4. The maximum Gasteiger partial charge on any atom is 0.306 e. The van der Waals surface area contributed by atoms with Gasteiger partial charge in [-0.15, -0.1) is 0 Å². The molecule has 2 rings (SSSR count). The summed E-state index contributed by atoms with van der Waals surface area (Å²) in [6, 6.07) is 0. The highest BCUT2D eigenvalue weighted by Gasteiger charge is 2.32. The molecule has 2 aliphatic rings. The van der Waals surface area contributed by atoms with E-state index in [-0.39, 0.29) is 5.92 Å². The van der Waals surface area contributed by atoms with Crippen LogP contribution in [0.15, 0.2) is 0 Å². The van der Waals surface area contributed by atoms with E-state index < -0.39 is 5.97 Å². The quantitative estimate of drug-likeness (QED) is 0.735. The number of carboxylic acid groups (broad SMARTS) is 1. The molecular weight excluding hydrogens is 254 g/mol. The molecule has 0 atom stereocenters. The SMILES string of the molecule is NCCCOC1CCC(C2CCC(C(=O)O)CC2)CC1. The molecule has 3 N–H and O–H groups in total. The predicted octanol–water partition coefficient (Wildman–Crippen LogP) is 2.80. The van der Waals surface area contributed by atoms with Gasteiger partial charge in [-0.25, -0.2) is 0 Å². The highest BCUT2D eigenvalue weighted by Crippen LogP contribution is 2.40.